The number of aromatic nitrogens is 2. The molecule has 0 aliphatic heterocycles. The normalized spacial score (nSPS) is 11.2. The molecule has 21 heavy (non-hydrogen) atoms. The molecule has 0 fully saturated rings. The highest BCUT2D eigenvalue weighted by molar-refractivity contribution is 7.23. The number of imidazole rings is 1. The van der Waals surface area contributed by atoms with Crippen LogP contribution in [0.3, 0.4) is 0 Å². The fourth-order valence-corrected chi connectivity index (χ4v) is 3.42. The van der Waals surface area contributed by atoms with Gasteiger partial charge in [-0.05, 0) is 17.7 Å². The number of thiazole rings is 1. The van der Waals surface area contributed by atoms with Gasteiger partial charge in [-0.2, -0.15) is 0 Å². The minimum atomic E-state index is -1.16. The molecule has 0 aliphatic carbocycles. The highest BCUT2D eigenvalue weighted by atomic mass is 32.1. The maximum Gasteiger partial charge on any atom is 0.195 e. The fourth-order valence-electron chi connectivity index (χ4n) is 2.38. The van der Waals surface area contributed by atoms with Crippen LogP contribution in [0.1, 0.15) is 10.4 Å². The number of carboxylic acids is 1. The van der Waals surface area contributed by atoms with Crippen LogP contribution in [-0.2, 0) is 0 Å². The van der Waals surface area contributed by atoms with Crippen LogP contribution >= 0.6 is 11.3 Å². The Labute approximate surface area is 123 Å². The van der Waals surface area contributed by atoms with Crippen LogP contribution in [0.15, 0.2) is 54.7 Å². The van der Waals surface area contributed by atoms with E-state index in [2.05, 4.69) is 4.98 Å². The van der Waals surface area contributed by atoms with Crippen LogP contribution in [0.2, 0.25) is 0 Å². The molecule has 0 amide bonds. The van der Waals surface area contributed by atoms with Crippen LogP contribution in [0.25, 0.3) is 26.4 Å². The number of aromatic carboxylic acids is 1. The van der Waals surface area contributed by atoms with Crippen molar-refractivity contribution in [1.82, 2.24) is 9.38 Å². The predicted octanol–water partition coefficient (Wildman–Crippen LogP) is 2.58. The summed E-state index contributed by atoms with van der Waals surface area (Å²) in [7, 11) is 0. The van der Waals surface area contributed by atoms with Crippen molar-refractivity contribution in [3.05, 3.63) is 60.3 Å². The Kier molecular flexibility index (Phi) is 2.55. The Morgan fingerprint density at radius 2 is 1.95 bits per heavy atom. The number of carbonyl (C=O) groups is 1. The van der Waals surface area contributed by atoms with Gasteiger partial charge in [0.05, 0.1) is 21.9 Å². The highest BCUT2D eigenvalue weighted by Gasteiger charge is 2.10. The van der Waals surface area contributed by atoms with E-state index in [-0.39, 0.29) is 5.56 Å². The van der Waals surface area contributed by atoms with Gasteiger partial charge in [0, 0.05) is 11.8 Å². The van der Waals surface area contributed by atoms with Crippen LogP contribution in [0.4, 0.5) is 0 Å². The third kappa shape index (κ3) is 1.90. The lowest BCUT2D eigenvalue weighted by Crippen LogP contribution is -2.21. The average Bonchev–Trinajstić information content (AvgIpc) is 3.04. The number of carbonyl (C=O) groups excluding carboxylic acids is 1. The first-order valence-electron chi connectivity index (χ1n) is 6.41. The molecule has 2 aromatic heterocycles. The van der Waals surface area contributed by atoms with Crippen molar-refractivity contribution in [3.8, 4) is 11.3 Å². The largest absolute Gasteiger partial charge is 0.545 e. The molecule has 0 unspecified atom stereocenters. The van der Waals surface area contributed by atoms with Gasteiger partial charge in [-0.3, -0.25) is 4.40 Å². The molecule has 0 radical (unpaired) electrons. The quantitative estimate of drug-likeness (QED) is 0.571. The van der Waals surface area contributed by atoms with Crippen molar-refractivity contribution in [1.29, 1.82) is 0 Å². The number of hydrogen-bond acceptors (Lipinski definition) is 4. The van der Waals surface area contributed by atoms with Gasteiger partial charge in [-0.15, -0.1) is 0 Å². The molecule has 2 heterocycles. The van der Waals surface area contributed by atoms with Crippen molar-refractivity contribution in [2.75, 3.05) is 0 Å². The number of fused-ring (bicyclic) bond motifs is 3. The first-order chi connectivity index (χ1) is 10.2. The Hall–Kier alpha value is -2.66. The Bertz CT molecular complexity index is 970. The first-order valence-corrected chi connectivity index (χ1v) is 7.22. The monoisotopic (exact) mass is 293 g/mol. The van der Waals surface area contributed by atoms with Crippen molar-refractivity contribution in [2.45, 2.75) is 0 Å². The summed E-state index contributed by atoms with van der Waals surface area (Å²) < 4.78 is 2.88. The molecular formula is C16H9N2O2S-. The van der Waals surface area contributed by atoms with Crippen LogP contribution in [0.5, 0.6) is 0 Å². The summed E-state index contributed by atoms with van der Waals surface area (Å²) in [5, 5.41) is 10.9. The zero-order chi connectivity index (χ0) is 14.4. The van der Waals surface area contributed by atoms with Gasteiger partial charge in [-0.1, -0.05) is 47.7 Å². The summed E-state index contributed by atoms with van der Waals surface area (Å²) in [4.78, 5) is 16.4. The van der Waals surface area contributed by atoms with Gasteiger partial charge < -0.3 is 9.90 Å². The second-order valence-corrected chi connectivity index (χ2v) is 5.73. The van der Waals surface area contributed by atoms with Gasteiger partial charge in [0.25, 0.3) is 0 Å². The molecule has 0 atom stereocenters. The lowest BCUT2D eigenvalue weighted by atomic mass is 10.2. The molecule has 2 aromatic carbocycles. The topological polar surface area (TPSA) is 57.4 Å². The summed E-state index contributed by atoms with van der Waals surface area (Å²) in [6.45, 7) is 0. The summed E-state index contributed by atoms with van der Waals surface area (Å²) in [5.41, 5.74) is 3.12. The maximum atomic E-state index is 10.9. The van der Waals surface area contributed by atoms with E-state index >= 15 is 0 Å². The SMILES string of the molecule is O=C([O-])c1ccc2c(c1)sc1nc(-c3ccccc3)cn12. The van der Waals surface area contributed by atoms with Gasteiger partial charge in [0.1, 0.15) is 0 Å². The van der Waals surface area contributed by atoms with Crippen molar-refractivity contribution in [3.63, 3.8) is 0 Å². The van der Waals surface area contributed by atoms with Crippen molar-refractivity contribution >= 4 is 32.5 Å². The van der Waals surface area contributed by atoms with Gasteiger partial charge in [-0.25, -0.2) is 4.98 Å². The summed E-state index contributed by atoms with van der Waals surface area (Å²) in [6.07, 6.45) is 1.97. The lowest BCUT2D eigenvalue weighted by molar-refractivity contribution is -0.255. The van der Waals surface area contributed by atoms with E-state index in [0.29, 0.717) is 0 Å². The zero-order valence-corrected chi connectivity index (χ0v) is 11.6. The molecule has 5 heteroatoms. The number of carboxylic acid groups (broad SMARTS) is 1. The summed E-state index contributed by atoms with van der Waals surface area (Å²) >= 11 is 1.47. The van der Waals surface area contributed by atoms with E-state index in [1.807, 2.05) is 40.9 Å². The van der Waals surface area contributed by atoms with E-state index in [1.165, 1.54) is 11.3 Å². The molecule has 4 nitrogen and oxygen atoms in total. The number of rotatable bonds is 2. The van der Waals surface area contributed by atoms with Gasteiger partial charge in [0.2, 0.25) is 0 Å². The smallest absolute Gasteiger partial charge is 0.195 e. The minimum Gasteiger partial charge on any atom is -0.545 e. The third-order valence-corrected chi connectivity index (χ3v) is 4.42. The lowest BCUT2D eigenvalue weighted by Gasteiger charge is -2.01. The van der Waals surface area contributed by atoms with E-state index in [1.54, 1.807) is 18.2 Å². The van der Waals surface area contributed by atoms with Gasteiger partial charge >= 0.3 is 0 Å². The molecule has 0 bridgehead atoms. The van der Waals surface area contributed by atoms with Crippen LogP contribution in [0, 0.1) is 0 Å². The summed E-state index contributed by atoms with van der Waals surface area (Å²) in [5.74, 6) is -1.16. The van der Waals surface area contributed by atoms with E-state index in [4.69, 9.17) is 0 Å². The molecule has 0 aliphatic rings. The number of nitrogens with zero attached hydrogens (tertiary/aromatic N) is 2. The van der Waals surface area contributed by atoms with E-state index in [9.17, 15) is 9.90 Å². The Morgan fingerprint density at radius 3 is 2.71 bits per heavy atom. The van der Waals surface area contributed by atoms with E-state index in [0.717, 1.165) is 26.4 Å². The standard InChI is InChI=1S/C16H10N2O2S/c19-15(20)11-6-7-13-14(8-11)21-16-17-12(9-18(13)16)10-4-2-1-3-5-10/h1-9H,(H,19,20)/p-1. The van der Waals surface area contributed by atoms with Crippen LogP contribution in [-0.4, -0.2) is 15.4 Å². The zero-order valence-electron chi connectivity index (χ0n) is 10.8. The highest BCUT2D eigenvalue weighted by Crippen LogP contribution is 2.29. The van der Waals surface area contributed by atoms with Gasteiger partial charge in [0.15, 0.2) is 4.96 Å². The molecule has 4 aromatic rings. The summed E-state index contributed by atoms with van der Waals surface area (Å²) in [6, 6.07) is 14.9. The molecule has 0 spiro atoms. The predicted molar refractivity (Wildman–Crippen MR) is 80.3 cm³/mol. The Morgan fingerprint density at radius 1 is 1.14 bits per heavy atom. The Balaban J connectivity index is 1.92. The second-order valence-electron chi connectivity index (χ2n) is 4.72. The number of benzene rings is 2. The molecule has 0 saturated carbocycles. The second kappa shape index (κ2) is 4.43. The van der Waals surface area contributed by atoms with Crippen molar-refractivity contribution < 1.29 is 9.90 Å². The molecule has 0 saturated heterocycles. The molecule has 0 N–H and O–H groups in total. The van der Waals surface area contributed by atoms with E-state index < -0.39 is 5.97 Å². The molecular weight excluding hydrogens is 284 g/mol. The fraction of sp³-hybridized carbons (Fsp3) is 0. The first kappa shape index (κ1) is 12.1. The third-order valence-electron chi connectivity index (χ3n) is 3.40. The minimum absolute atomic E-state index is 0.190. The maximum absolute atomic E-state index is 10.9. The number of hydrogen-bond donors (Lipinski definition) is 0. The molecule has 4 rings (SSSR count). The van der Waals surface area contributed by atoms with Crippen LogP contribution < -0.4 is 5.11 Å². The average molecular weight is 293 g/mol. The van der Waals surface area contributed by atoms with Crippen molar-refractivity contribution in [2.24, 2.45) is 0 Å². The molecule has 102 valence electrons.